The van der Waals surface area contributed by atoms with E-state index in [2.05, 4.69) is 30.2 Å². The van der Waals surface area contributed by atoms with Gasteiger partial charge >= 0.3 is 5.97 Å². The van der Waals surface area contributed by atoms with Crippen molar-refractivity contribution >= 4 is 5.97 Å². The molecule has 1 saturated carbocycles. The third-order valence-electron chi connectivity index (χ3n) is 5.06. The second-order valence-corrected chi connectivity index (χ2v) is 7.04. The topological polar surface area (TPSA) is 44.8 Å². The van der Waals surface area contributed by atoms with E-state index in [1.54, 1.807) is 7.11 Å². The van der Waals surface area contributed by atoms with Crippen molar-refractivity contribution in [3.63, 3.8) is 0 Å². The first-order valence-corrected chi connectivity index (χ1v) is 9.62. The van der Waals surface area contributed by atoms with Crippen molar-refractivity contribution in [1.82, 2.24) is 0 Å². The minimum absolute atomic E-state index is 0.244. The molecule has 4 heteroatoms. The van der Waals surface area contributed by atoms with E-state index in [0.29, 0.717) is 17.9 Å². The molecule has 3 aliphatic carbocycles. The quantitative estimate of drug-likeness (QED) is 0.463. The van der Waals surface area contributed by atoms with E-state index in [-0.39, 0.29) is 6.10 Å². The molecule has 1 aromatic carbocycles. The zero-order chi connectivity index (χ0) is 19.9. The number of methoxy groups -OCH3 is 2. The van der Waals surface area contributed by atoms with Gasteiger partial charge in [0.25, 0.3) is 0 Å². The largest absolute Gasteiger partial charge is 0.493 e. The summed E-state index contributed by atoms with van der Waals surface area (Å²) in [6.07, 6.45) is 10.6. The van der Waals surface area contributed by atoms with Crippen LogP contribution in [0.2, 0.25) is 0 Å². The highest BCUT2D eigenvalue weighted by molar-refractivity contribution is 5.80. The zero-order valence-corrected chi connectivity index (χ0v) is 16.4. The first-order chi connectivity index (χ1) is 13.6. The monoisotopic (exact) mass is 378 g/mol. The van der Waals surface area contributed by atoms with Gasteiger partial charge in [-0.15, -0.1) is 6.42 Å². The van der Waals surface area contributed by atoms with Gasteiger partial charge in [-0.25, -0.2) is 0 Å². The Bertz CT molecular complexity index is 842. The molecular weight excluding hydrogens is 352 g/mol. The summed E-state index contributed by atoms with van der Waals surface area (Å²) < 4.78 is 16.1. The molecule has 146 valence electrons. The van der Waals surface area contributed by atoms with Crippen LogP contribution < -0.4 is 9.47 Å². The predicted octanol–water partition coefficient (Wildman–Crippen LogP) is 4.65. The van der Waals surface area contributed by atoms with Gasteiger partial charge in [-0.1, -0.05) is 30.2 Å². The fourth-order valence-electron chi connectivity index (χ4n) is 3.39. The number of carbonyl (C=O) groups is 1. The Morgan fingerprint density at radius 1 is 1.11 bits per heavy atom. The van der Waals surface area contributed by atoms with Gasteiger partial charge in [0.1, 0.15) is 5.92 Å². The van der Waals surface area contributed by atoms with Crippen LogP contribution in [0.3, 0.4) is 0 Å². The molecule has 0 bridgehead atoms. The average molecular weight is 378 g/mol. The molecule has 4 nitrogen and oxygen atoms in total. The lowest BCUT2D eigenvalue weighted by Gasteiger charge is -2.17. The molecule has 0 N–H and O–H groups in total. The Balaban J connectivity index is 0.000000311. The van der Waals surface area contributed by atoms with Gasteiger partial charge in [0.2, 0.25) is 0 Å². The summed E-state index contributed by atoms with van der Waals surface area (Å²) in [5.74, 6) is 2.91. The molecule has 1 fully saturated rings. The lowest BCUT2D eigenvalue weighted by Crippen LogP contribution is -2.17. The molecule has 0 aliphatic heterocycles. The summed E-state index contributed by atoms with van der Waals surface area (Å²) in [4.78, 5) is 11.6. The van der Waals surface area contributed by atoms with E-state index in [1.165, 1.54) is 31.1 Å². The maximum atomic E-state index is 11.6. The summed E-state index contributed by atoms with van der Waals surface area (Å²) in [6, 6.07) is 14.1. The normalized spacial score (nSPS) is 14.9. The molecular formula is C24H26O4. The first kappa shape index (κ1) is 19.8. The van der Waals surface area contributed by atoms with E-state index < -0.39 is 11.9 Å². The van der Waals surface area contributed by atoms with Crippen molar-refractivity contribution < 1.29 is 19.0 Å². The highest BCUT2D eigenvalue weighted by atomic mass is 16.5. The molecule has 0 saturated heterocycles. The number of hydrogen-bond donors (Lipinski definition) is 0. The third kappa shape index (κ3) is 5.07. The fraction of sp³-hybridized carbons (Fsp3) is 0.375. The van der Waals surface area contributed by atoms with Gasteiger partial charge in [0.15, 0.2) is 11.5 Å². The molecule has 0 spiro atoms. The van der Waals surface area contributed by atoms with E-state index in [4.69, 9.17) is 20.6 Å². The molecule has 1 atom stereocenters. The van der Waals surface area contributed by atoms with Crippen molar-refractivity contribution in [2.45, 2.75) is 38.2 Å². The molecule has 3 aliphatic rings. The van der Waals surface area contributed by atoms with Gasteiger partial charge in [0.05, 0.1) is 20.3 Å². The lowest BCUT2D eigenvalue weighted by molar-refractivity contribution is -0.143. The number of esters is 1. The van der Waals surface area contributed by atoms with Crippen LogP contribution in [0.15, 0.2) is 42.5 Å². The zero-order valence-electron chi connectivity index (χ0n) is 16.4. The molecule has 28 heavy (non-hydrogen) atoms. The van der Waals surface area contributed by atoms with Crippen LogP contribution in [0.1, 0.15) is 31.2 Å². The number of rotatable bonds is 6. The fourth-order valence-corrected chi connectivity index (χ4v) is 3.39. The molecule has 1 aromatic rings. The summed E-state index contributed by atoms with van der Waals surface area (Å²) in [6.45, 7) is 0. The molecule has 0 amide bonds. The highest BCUT2D eigenvalue weighted by Gasteiger charge is 2.21. The molecule has 0 aromatic heterocycles. The van der Waals surface area contributed by atoms with Crippen LogP contribution in [0, 0.1) is 18.3 Å². The number of benzene rings is 2. The molecule has 4 rings (SSSR count). The van der Waals surface area contributed by atoms with Crippen molar-refractivity contribution in [2.24, 2.45) is 5.92 Å². The van der Waals surface area contributed by atoms with Crippen molar-refractivity contribution in [3.8, 4) is 35.0 Å². The Morgan fingerprint density at radius 3 is 2.32 bits per heavy atom. The average Bonchev–Trinajstić information content (AvgIpc) is 3.10. The van der Waals surface area contributed by atoms with Crippen LogP contribution in [-0.4, -0.2) is 26.3 Å². The Hall–Kier alpha value is -2.93. The van der Waals surface area contributed by atoms with E-state index in [0.717, 1.165) is 18.4 Å². The van der Waals surface area contributed by atoms with Gasteiger partial charge < -0.3 is 14.2 Å². The van der Waals surface area contributed by atoms with Crippen molar-refractivity contribution in [1.29, 1.82) is 0 Å². The summed E-state index contributed by atoms with van der Waals surface area (Å²) in [5, 5.41) is 0. The summed E-state index contributed by atoms with van der Waals surface area (Å²) in [5.41, 5.74) is 3.78. The molecule has 1 unspecified atom stereocenters. The Labute approximate surface area is 166 Å². The third-order valence-corrected chi connectivity index (χ3v) is 5.06. The predicted molar refractivity (Wildman–Crippen MR) is 109 cm³/mol. The Kier molecular flexibility index (Phi) is 6.60. The SMILES string of the molecule is C#CC(Cc1ccc(OC)c(OC2CCCC2)c1)C(=O)OC.c1cc2cc-2c1. The van der Waals surface area contributed by atoms with Crippen LogP contribution >= 0.6 is 0 Å². The highest BCUT2D eigenvalue weighted by Crippen LogP contribution is 2.33. The van der Waals surface area contributed by atoms with E-state index in [1.807, 2.05) is 18.2 Å². The minimum atomic E-state index is -0.585. The second kappa shape index (κ2) is 9.32. The van der Waals surface area contributed by atoms with Crippen LogP contribution in [0.25, 0.3) is 11.1 Å². The lowest BCUT2D eigenvalue weighted by atomic mass is 10.00. The summed E-state index contributed by atoms with van der Waals surface area (Å²) >= 11 is 0. The van der Waals surface area contributed by atoms with Gasteiger partial charge in [-0.3, -0.25) is 4.79 Å². The number of terminal acetylenes is 1. The number of carbonyl (C=O) groups excluding carboxylic acids is 1. The number of hydrogen-bond acceptors (Lipinski definition) is 4. The second-order valence-electron chi connectivity index (χ2n) is 7.04. The van der Waals surface area contributed by atoms with Crippen molar-refractivity contribution in [2.75, 3.05) is 14.2 Å². The van der Waals surface area contributed by atoms with Gasteiger partial charge in [0, 0.05) is 0 Å². The van der Waals surface area contributed by atoms with E-state index in [9.17, 15) is 4.79 Å². The van der Waals surface area contributed by atoms with Crippen molar-refractivity contribution in [3.05, 3.63) is 48.0 Å². The standard InChI is InChI=1S/C18H22O4.C6H4/c1-4-14(18(19)21-3)11-13-9-10-16(20-2)17(12-13)22-15-7-5-6-8-15;1-2-5-4-6(5)3-1/h1,9-10,12,14-15H,5-8,11H2,2-3H3;1-4H. The van der Waals surface area contributed by atoms with Gasteiger partial charge in [-0.05, 0) is 67.0 Å². The van der Waals surface area contributed by atoms with Crippen LogP contribution in [0.4, 0.5) is 0 Å². The van der Waals surface area contributed by atoms with E-state index >= 15 is 0 Å². The number of ether oxygens (including phenoxy) is 3. The summed E-state index contributed by atoms with van der Waals surface area (Å²) in [7, 11) is 2.96. The van der Waals surface area contributed by atoms with Crippen LogP contribution in [0.5, 0.6) is 11.5 Å². The maximum Gasteiger partial charge on any atom is 0.321 e. The smallest absolute Gasteiger partial charge is 0.321 e. The van der Waals surface area contributed by atoms with Crippen LogP contribution in [-0.2, 0) is 16.0 Å². The number of fused-ring (bicyclic) bond motifs is 1. The Morgan fingerprint density at radius 2 is 1.82 bits per heavy atom. The minimum Gasteiger partial charge on any atom is -0.493 e. The molecule has 0 heterocycles. The molecule has 0 radical (unpaired) electrons. The first-order valence-electron chi connectivity index (χ1n) is 9.62. The van der Waals surface area contributed by atoms with Gasteiger partial charge in [-0.2, -0.15) is 0 Å². The maximum absolute atomic E-state index is 11.6.